The van der Waals surface area contributed by atoms with Crippen molar-refractivity contribution in [1.29, 1.82) is 0 Å². The monoisotopic (exact) mass is 309 g/mol. The highest BCUT2D eigenvalue weighted by Crippen LogP contribution is 2.19. The minimum Gasteiger partial charge on any atom is -0.375 e. The molecule has 0 amide bonds. The number of halogens is 1. The van der Waals surface area contributed by atoms with Gasteiger partial charge in [-0.1, -0.05) is 26.0 Å². The Labute approximate surface area is 128 Å². The summed E-state index contributed by atoms with van der Waals surface area (Å²) in [5.41, 5.74) is 0.929. The maximum absolute atomic E-state index is 12.9. The second-order valence-electron chi connectivity index (χ2n) is 5.27. The molecule has 1 heterocycles. The summed E-state index contributed by atoms with van der Waals surface area (Å²) in [6.45, 7) is 4.85. The molecule has 0 spiro atoms. The number of hydrogen-bond donors (Lipinski definition) is 1. The van der Waals surface area contributed by atoms with Crippen molar-refractivity contribution in [2.24, 2.45) is 5.92 Å². The molecule has 21 heavy (non-hydrogen) atoms. The van der Waals surface area contributed by atoms with E-state index in [0.29, 0.717) is 12.5 Å². The lowest BCUT2D eigenvalue weighted by Crippen LogP contribution is -2.14. The smallest absolute Gasteiger partial charge is 0.202 e. The first-order valence-corrected chi connectivity index (χ1v) is 7.70. The van der Waals surface area contributed by atoms with Gasteiger partial charge >= 0.3 is 0 Å². The predicted molar refractivity (Wildman–Crippen MR) is 83.1 cm³/mol. The molecule has 114 valence electrons. The summed E-state index contributed by atoms with van der Waals surface area (Å²) in [6, 6.07) is 6.34. The molecule has 0 aliphatic heterocycles. The van der Waals surface area contributed by atoms with Crippen LogP contribution in [0.4, 0.5) is 9.52 Å². The molecule has 1 N–H and O–H groups in total. The van der Waals surface area contributed by atoms with Gasteiger partial charge in [0, 0.05) is 31.6 Å². The largest absolute Gasteiger partial charge is 0.375 e. The normalized spacial score (nSPS) is 12.6. The summed E-state index contributed by atoms with van der Waals surface area (Å²) in [4.78, 5) is 4.45. The third kappa shape index (κ3) is 4.75. The SMILES string of the molecule is COC(CNc1nc(CC(C)C)ns1)c1ccc(F)cc1. The van der Waals surface area contributed by atoms with Gasteiger partial charge < -0.3 is 10.1 Å². The van der Waals surface area contributed by atoms with E-state index in [4.69, 9.17) is 4.74 Å². The zero-order valence-corrected chi connectivity index (χ0v) is 13.3. The van der Waals surface area contributed by atoms with E-state index < -0.39 is 0 Å². The Bertz CT molecular complexity index is 556. The molecule has 0 aliphatic carbocycles. The van der Waals surface area contributed by atoms with E-state index in [2.05, 4.69) is 28.5 Å². The van der Waals surface area contributed by atoms with E-state index in [0.717, 1.165) is 22.9 Å². The highest BCUT2D eigenvalue weighted by Gasteiger charge is 2.12. The first-order chi connectivity index (χ1) is 10.1. The first kappa shape index (κ1) is 15.9. The zero-order valence-electron chi connectivity index (χ0n) is 12.5. The van der Waals surface area contributed by atoms with Crippen molar-refractivity contribution < 1.29 is 9.13 Å². The van der Waals surface area contributed by atoms with Crippen LogP contribution >= 0.6 is 11.5 Å². The van der Waals surface area contributed by atoms with Crippen molar-refractivity contribution in [2.75, 3.05) is 19.0 Å². The fourth-order valence-electron chi connectivity index (χ4n) is 1.97. The lowest BCUT2D eigenvalue weighted by Gasteiger charge is -2.15. The Morgan fingerprint density at radius 1 is 1.29 bits per heavy atom. The van der Waals surface area contributed by atoms with Gasteiger partial charge in [-0.3, -0.25) is 0 Å². The number of nitrogens with zero attached hydrogens (tertiary/aromatic N) is 2. The molecule has 0 fully saturated rings. The van der Waals surface area contributed by atoms with Crippen LogP contribution in [-0.2, 0) is 11.2 Å². The Kier molecular flexibility index (Phi) is 5.64. The average Bonchev–Trinajstić information content (AvgIpc) is 2.88. The van der Waals surface area contributed by atoms with Gasteiger partial charge in [0.1, 0.15) is 11.6 Å². The van der Waals surface area contributed by atoms with Crippen molar-refractivity contribution in [3.8, 4) is 0 Å². The number of anilines is 1. The van der Waals surface area contributed by atoms with Crippen LogP contribution in [0.2, 0.25) is 0 Å². The van der Waals surface area contributed by atoms with Gasteiger partial charge in [0.05, 0.1) is 6.10 Å². The van der Waals surface area contributed by atoms with Crippen molar-refractivity contribution in [2.45, 2.75) is 26.4 Å². The van der Waals surface area contributed by atoms with E-state index in [1.165, 1.54) is 23.7 Å². The summed E-state index contributed by atoms with van der Waals surface area (Å²) < 4.78 is 22.7. The molecule has 0 saturated carbocycles. The van der Waals surface area contributed by atoms with Crippen molar-refractivity contribution in [1.82, 2.24) is 9.36 Å². The second kappa shape index (κ2) is 7.47. The average molecular weight is 309 g/mol. The lowest BCUT2D eigenvalue weighted by atomic mass is 10.1. The molecule has 1 atom stereocenters. The Morgan fingerprint density at radius 3 is 2.62 bits per heavy atom. The van der Waals surface area contributed by atoms with Crippen LogP contribution < -0.4 is 5.32 Å². The van der Waals surface area contributed by atoms with Crippen LogP contribution in [-0.4, -0.2) is 23.0 Å². The van der Waals surface area contributed by atoms with Crippen LogP contribution in [0.3, 0.4) is 0 Å². The highest BCUT2D eigenvalue weighted by atomic mass is 32.1. The van der Waals surface area contributed by atoms with Gasteiger partial charge in [-0.05, 0) is 23.6 Å². The quantitative estimate of drug-likeness (QED) is 0.847. The van der Waals surface area contributed by atoms with Crippen molar-refractivity contribution in [3.05, 3.63) is 41.5 Å². The fourth-order valence-corrected chi connectivity index (χ4v) is 2.57. The molecule has 1 unspecified atom stereocenters. The van der Waals surface area contributed by atoms with Gasteiger partial charge in [-0.2, -0.15) is 4.37 Å². The van der Waals surface area contributed by atoms with Crippen molar-refractivity contribution >= 4 is 16.7 Å². The van der Waals surface area contributed by atoms with E-state index in [1.807, 2.05) is 0 Å². The Morgan fingerprint density at radius 2 is 2.00 bits per heavy atom. The number of methoxy groups -OCH3 is 1. The van der Waals surface area contributed by atoms with Crippen LogP contribution in [0, 0.1) is 11.7 Å². The Balaban J connectivity index is 1.93. The number of benzene rings is 1. The molecule has 4 nitrogen and oxygen atoms in total. The summed E-state index contributed by atoms with van der Waals surface area (Å²) in [6.07, 6.45) is 0.729. The molecule has 0 saturated heterocycles. The fraction of sp³-hybridized carbons (Fsp3) is 0.467. The van der Waals surface area contributed by atoms with Crippen LogP contribution in [0.1, 0.15) is 31.3 Å². The summed E-state index contributed by atoms with van der Waals surface area (Å²) in [5, 5.41) is 4.02. The van der Waals surface area contributed by atoms with E-state index in [9.17, 15) is 4.39 Å². The number of ether oxygens (including phenoxy) is 1. The van der Waals surface area contributed by atoms with Gasteiger partial charge in [0.2, 0.25) is 5.13 Å². The van der Waals surface area contributed by atoms with Crippen LogP contribution in [0.15, 0.2) is 24.3 Å². The summed E-state index contributed by atoms with van der Waals surface area (Å²) in [7, 11) is 1.64. The standard InChI is InChI=1S/C15H20FN3OS/c1-10(2)8-14-18-15(21-19-14)17-9-13(20-3)11-4-6-12(16)7-5-11/h4-7,10,13H,8-9H2,1-3H3,(H,17,18,19). The summed E-state index contributed by atoms with van der Waals surface area (Å²) in [5.74, 6) is 1.16. The van der Waals surface area contributed by atoms with E-state index >= 15 is 0 Å². The highest BCUT2D eigenvalue weighted by molar-refractivity contribution is 7.09. The minimum atomic E-state index is -0.246. The number of hydrogen-bond acceptors (Lipinski definition) is 5. The first-order valence-electron chi connectivity index (χ1n) is 6.93. The van der Waals surface area contributed by atoms with Gasteiger partial charge in [0.15, 0.2) is 0 Å². The van der Waals surface area contributed by atoms with Crippen LogP contribution in [0.5, 0.6) is 0 Å². The summed E-state index contributed by atoms with van der Waals surface area (Å²) >= 11 is 1.35. The molecule has 6 heteroatoms. The van der Waals surface area contributed by atoms with Crippen molar-refractivity contribution in [3.63, 3.8) is 0 Å². The third-order valence-electron chi connectivity index (χ3n) is 3.02. The molecule has 0 bridgehead atoms. The molecule has 1 aromatic carbocycles. The minimum absolute atomic E-state index is 0.150. The molecular weight excluding hydrogens is 289 g/mol. The van der Waals surface area contributed by atoms with E-state index in [-0.39, 0.29) is 11.9 Å². The molecule has 2 rings (SSSR count). The second-order valence-corrected chi connectivity index (χ2v) is 6.02. The molecule has 2 aromatic rings. The molecule has 1 aromatic heterocycles. The number of aromatic nitrogens is 2. The maximum atomic E-state index is 12.9. The van der Waals surface area contributed by atoms with Gasteiger partial charge in [-0.25, -0.2) is 9.37 Å². The maximum Gasteiger partial charge on any atom is 0.202 e. The molecule has 0 radical (unpaired) electrons. The molecular formula is C15H20FN3OS. The topological polar surface area (TPSA) is 47.0 Å². The number of rotatable bonds is 7. The van der Waals surface area contributed by atoms with Gasteiger partial charge in [-0.15, -0.1) is 0 Å². The van der Waals surface area contributed by atoms with Gasteiger partial charge in [0.25, 0.3) is 0 Å². The van der Waals surface area contributed by atoms with Crippen LogP contribution in [0.25, 0.3) is 0 Å². The lowest BCUT2D eigenvalue weighted by molar-refractivity contribution is 0.114. The zero-order chi connectivity index (χ0) is 15.2. The predicted octanol–water partition coefficient (Wildman–Crippen LogP) is 3.68. The third-order valence-corrected chi connectivity index (χ3v) is 3.73. The molecule has 0 aliphatic rings. The van der Waals surface area contributed by atoms with E-state index in [1.54, 1.807) is 19.2 Å². The number of nitrogens with one attached hydrogen (secondary N) is 1. The Hall–Kier alpha value is -1.53.